The van der Waals surface area contributed by atoms with E-state index in [0.29, 0.717) is 6.42 Å². The Kier molecular flexibility index (Phi) is 3.52. The molecule has 1 aromatic carbocycles. The Labute approximate surface area is 81.6 Å². The first-order valence-electron chi connectivity index (χ1n) is 3.73. The third-order valence-electron chi connectivity index (χ3n) is 1.42. The monoisotopic (exact) mass is 196 g/mol. The second kappa shape index (κ2) is 4.67. The van der Waals surface area contributed by atoms with Gasteiger partial charge in [0, 0.05) is 6.42 Å². The van der Waals surface area contributed by atoms with Crippen molar-refractivity contribution in [3.05, 3.63) is 35.9 Å². The normalized spacial score (nSPS) is 9.31. The van der Waals surface area contributed by atoms with Crippen LogP contribution in [0.1, 0.15) is 5.56 Å². The van der Waals surface area contributed by atoms with E-state index in [1.165, 1.54) is 0 Å². The molecule has 1 N–H and O–H groups in total. The van der Waals surface area contributed by atoms with Crippen LogP contribution in [0.15, 0.2) is 30.3 Å². The molecule has 0 aliphatic heterocycles. The van der Waals surface area contributed by atoms with Gasteiger partial charge in [0.15, 0.2) is 5.90 Å². The van der Waals surface area contributed by atoms with Crippen molar-refractivity contribution in [3.63, 3.8) is 0 Å². The smallest absolute Gasteiger partial charge is 0.372 e. The summed E-state index contributed by atoms with van der Waals surface area (Å²) in [5.41, 5.74) is 0.945. The Hall–Kier alpha value is -1.29. The molecule has 0 fully saturated rings. The van der Waals surface area contributed by atoms with Gasteiger partial charge in [-0.2, -0.15) is 4.79 Å². The van der Waals surface area contributed by atoms with Gasteiger partial charge >= 0.3 is 5.30 Å². The first-order valence-corrected chi connectivity index (χ1v) is 4.23. The third kappa shape index (κ3) is 3.75. The molecule has 0 amide bonds. The molecule has 0 heterocycles. The van der Waals surface area contributed by atoms with Gasteiger partial charge in [0.25, 0.3) is 0 Å². The summed E-state index contributed by atoms with van der Waals surface area (Å²) in [5, 5.41) is 6.64. The van der Waals surface area contributed by atoms with Crippen LogP contribution in [0, 0.1) is 5.41 Å². The molecule has 68 valence electrons. The summed E-state index contributed by atoms with van der Waals surface area (Å²) in [4.78, 5) is 10.4. The van der Waals surface area contributed by atoms with Gasteiger partial charge in [-0.1, -0.05) is 30.3 Å². The number of hydrogen-bond donors (Lipinski definition) is 1. The second-order valence-electron chi connectivity index (χ2n) is 2.48. The van der Waals surface area contributed by atoms with Gasteiger partial charge in [-0.3, -0.25) is 5.41 Å². The lowest BCUT2D eigenvalue weighted by atomic mass is 10.1. The Morgan fingerprint density at radius 3 is 2.54 bits per heavy atom. The minimum absolute atomic E-state index is 0.0637. The molecule has 0 aliphatic carbocycles. The van der Waals surface area contributed by atoms with Crippen LogP contribution in [0.4, 0.5) is 4.79 Å². The fourth-order valence-corrected chi connectivity index (χ4v) is 1.05. The zero-order valence-electron chi connectivity index (χ0n) is 6.91. The maximum Gasteiger partial charge on any atom is 0.527 e. The molecule has 0 radical (unpaired) electrons. The highest BCUT2D eigenvalue weighted by Crippen LogP contribution is 2.00. The second-order valence-corrected chi connectivity index (χ2v) is 2.88. The zero-order valence-corrected chi connectivity index (χ0v) is 7.91. The Balaban J connectivity index is 2.50. The molecule has 1 aromatic rings. The summed E-state index contributed by atoms with van der Waals surface area (Å²) in [6.45, 7) is 0. The van der Waals surface area contributed by atoms with Crippen LogP contribution in [0.2, 0.25) is 0 Å². The molecule has 0 aromatic heterocycles. The van der Waals surface area contributed by atoms with Crippen molar-refractivity contribution in [2.75, 3.05) is 0 Å². The molecule has 0 saturated carbocycles. The van der Waals surface area contributed by atoms with Crippen molar-refractivity contribution in [1.82, 2.24) is 0 Å². The SMILES string of the molecule is N=C(Cc1ccccc1)OC(=O)[SH2+]. The molecular formula is C9H10NO2S+. The highest BCUT2D eigenvalue weighted by molar-refractivity contribution is 7.76. The number of nitrogens with one attached hydrogen (secondary N) is 1. The van der Waals surface area contributed by atoms with Gasteiger partial charge in [-0.05, 0) is 5.56 Å². The number of rotatable bonds is 2. The van der Waals surface area contributed by atoms with E-state index < -0.39 is 5.30 Å². The van der Waals surface area contributed by atoms with Crippen molar-refractivity contribution >= 4 is 23.8 Å². The van der Waals surface area contributed by atoms with Gasteiger partial charge in [0.05, 0.1) is 12.6 Å². The van der Waals surface area contributed by atoms with Gasteiger partial charge in [0.2, 0.25) is 0 Å². The van der Waals surface area contributed by atoms with E-state index in [4.69, 9.17) is 5.41 Å². The van der Waals surface area contributed by atoms with Crippen molar-refractivity contribution in [1.29, 1.82) is 5.41 Å². The van der Waals surface area contributed by atoms with Crippen molar-refractivity contribution < 1.29 is 9.53 Å². The van der Waals surface area contributed by atoms with Crippen molar-refractivity contribution in [2.24, 2.45) is 0 Å². The van der Waals surface area contributed by atoms with E-state index in [0.717, 1.165) is 5.56 Å². The first-order chi connectivity index (χ1) is 6.18. The Morgan fingerprint density at radius 2 is 2.00 bits per heavy atom. The van der Waals surface area contributed by atoms with E-state index in [1.54, 1.807) is 0 Å². The predicted molar refractivity (Wildman–Crippen MR) is 54.5 cm³/mol. The van der Waals surface area contributed by atoms with Crippen LogP contribution in [0.3, 0.4) is 0 Å². The van der Waals surface area contributed by atoms with Gasteiger partial charge in [-0.15, -0.1) is 0 Å². The number of benzene rings is 1. The summed E-state index contributed by atoms with van der Waals surface area (Å²) in [5.74, 6) is -0.0637. The summed E-state index contributed by atoms with van der Waals surface area (Å²) < 4.78 is 4.51. The van der Waals surface area contributed by atoms with E-state index in [2.05, 4.69) is 17.4 Å². The lowest BCUT2D eigenvalue weighted by molar-refractivity contribution is 0.223. The molecular weight excluding hydrogens is 186 g/mol. The van der Waals surface area contributed by atoms with Crippen LogP contribution >= 0.6 is 0 Å². The molecule has 0 bridgehead atoms. The topological polar surface area (TPSA) is 50.1 Å². The molecule has 0 spiro atoms. The average molecular weight is 196 g/mol. The van der Waals surface area contributed by atoms with Crippen LogP contribution in [0.5, 0.6) is 0 Å². The quantitative estimate of drug-likeness (QED) is 0.336. The largest absolute Gasteiger partial charge is 0.527 e. The van der Waals surface area contributed by atoms with E-state index in [1.807, 2.05) is 30.3 Å². The van der Waals surface area contributed by atoms with Gasteiger partial charge in [0.1, 0.15) is 0 Å². The standard InChI is InChI=1S/C9H9NO2S/c10-8(12-9(11)13)6-7-4-2-1-3-5-7/h1-5,10H,6H2,(H,11,13)/p+1. The Bertz CT molecular complexity index is 311. The third-order valence-corrected chi connectivity index (χ3v) is 1.53. The fraction of sp³-hybridized carbons (Fsp3) is 0.111. The number of carbonyl (C=O) groups is 1. The summed E-state index contributed by atoms with van der Waals surface area (Å²) >= 11 is 2.63. The average Bonchev–Trinajstić information content (AvgIpc) is 2.04. The molecule has 1 rings (SSSR count). The van der Waals surface area contributed by atoms with Gasteiger partial charge in [-0.25, -0.2) is 0 Å². The Morgan fingerprint density at radius 1 is 1.38 bits per heavy atom. The summed E-state index contributed by atoms with van der Waals surface area (Å²) in [6, 6.07) is 9.38. The highest BCUT2D eigenvalue weighted by atomic mass is 32.1. The van der Waals surface area contributed by atoms with Crippen LogP contribution in [0.25, 0.3) is 0 Å². The van der Waals surface area contributed by atoms with Crippen molar-refractivity contribution in [3.8, 4) is 0 Å². The molecule has 0 aliphatic rings. The maximum absolute atomic E-state index is 10.4. The summed E-state index contributed by atoms with van der Waals surface area (Å²) in [6.07, 6.45) is 0.330. The zero-order chi connectivity index (χ0) is 9.68. The number of hydrogen-bond acceptors (Lipinski definition) is 3. The minimum Gasteiger partial charge on any atom is -0.372 e. The lowest BCUT2D eigenvalue weighted by Gasteiger charge is -1.99. The molecule has 13 heavy (non-hydrogen) atoms. The lowest BCUT2D eigenvalue weighted by Crippen LogP contribution is -2.09. The summed E-state index contributed by atoms with van der Waals surface area (Å²) in [7, 11) is 0. The number of carbonyl (C=O) groups excluding carboxylic acids is 1. The molecule has 4 heteroatoms. The van der Waals surface area contributed by atoms with Crippen LogP contribution < -0.4 is 0 Å². The number of ether oxygens (including phenoxy) is 1. The van der Waals surface area contributed by atoms with Crippen LogP contribution in [-0.2, 0) is 23.8 Å². The minimum atomic E-state index is -0.638. The molecule has 0 saturated heterocycles. The fourth-order valence-electron chi connectivity index (χ4n) is 0.929. The highest BCUT2D eigenvalue weighted by Gasteiger charge is 2.07. The van der Waals surface area contributed by atoms with Crippen LogP contribution in [-0.4, -0.2) is 11.2 Å². The maximum atomic E-state index is 10.4. The first kappa shape index (κ1) is 9.80. The predicted octanol–water partition coefficient (Wildman–Crippen LogP) is 1.35. The molecule has 3 nitrogen and oxygen atoms in total. The molecule has 0 unspecified atom stereocenters. The van der Waals surface area contributed by atoms with E-state index in [-0.39, 0.29) is 5.90 Å². The van der Waals surface area contributed by atoms with Crippen molar-refractivity contribution in [2.45, 2.75) is 6.42 Å². The molecule has 0 atom stereocenters. The van der Waals surface area contributed by atoms with E-state index >= 15 is 0 Å². The van der Waals surface area contributed by atoms with Gasteiger partial charge < -0.3 is 4.74 Å². The van der Waals surface area contributed by atoms with E-state index in [9.17, 15) is 4.79 Å².